The van der Waals surface area contributed by atoms with Crippen LogP contribution in [0.15, 0.2) is 12.4 Å². The van der Waals surface area contributed by atoms with Crippen molar-refractivity contribution >= 4 is 11.6 Å². The van der Waals surface area contributed by atoms with E-state index in [1.807, 2.05) is 11.8 Å². The number of nitrogens with zero attached hydrogens (tertiary/aromatic N) is 4. The third-order valence-corrected chi connectivity index (χ3v) is 2.63. The summed E-state index contributed by atoms with van der Waals surface area (Å²) in [5.41, 5.74) is -0.0773. The molecule has 7 heteroatoms. The van der Waals surface area contributed by atoms with Crippen LogP contribution in [0.5, 0.6) is 0 Å². The first-order chi connectivity index (χ1) is 7.72. The molecule has 1 aliphatic heterocycles. The molecule has 16 heavy (non-hydrogen) atoms. The molecular formula is C9H13N5O2. The normalized spacial score (nSPS) is 15.6. The molecule has 1 N–H and O–H groups in total. The average Bonchev–Trinajstić information content (AvgIpc) is 2.23. The van der Waals surface area contributed by atoms with Crippen molar-refractivity contribution in [1.29, 1.82) is 0 Å². The second-order valence-electron chi connectivity index (χ2n) is 3.60. The van der Waals surface area contributed by atoms with Gasteiger partial charge in [0.2, 0.25) is 5.95 Å². The predicted octanol–water partition coefficient (Wildman–Crippen LogP) is 0.183. The molecule has 1 aliphatic rings. The van der Waals surface area contributed by atoms with Crippen LogP contribution in [0.1, 0.15) is 6.92 Å². The molecule has 1 fully saturated rings. The summed E-state index contributed by atoms with van der Waals surface area (Å²) < 4.78 is 0. The van der Waals surface area contributed by atoms with Crippen molar-refractivity contribution in [3.05, 3.63) is 22.5 Å². The molecule has 0 atom stereocenters. The highest BCUT2D eigenvalue weighted by atomic mass is 16.6. The second-order valence-corrected chi connectivity index (χ2v) is 3.60. The molecule has 1 saturated heterocycles. The molecule has 2 heterocycles. The second kappa shape index (κ2) is 4.40. The van der Waals surface area contributed by atoms with Gasteiger partial charge < -0.3 is 10.2 Å². The van der Waals surface area contributed by atoms with Crippen LogP contribution in [0.4, 0.5) is 11.6 Å². The number of nitrogens with one attached hydrogen (secondary N) is 1. The Balaban J connectivity index is 2.15. The summed E-state index contributed by atoms with van der Waals surface area (Å²) in [5.74, 6) is 0.555. The highest BCUT2D eigenvalue weighted by molar-refractivity contribution is 5.36. The molecule has 7 nitrogen and oxygen atoms in total. The SMILES string of the molecule is CCN(c1ncc([N+](=O)[O-])cn1)C1CNC1. The molecule has 86 valence electrons. The minimum absolute atomic E-state index is 0.0773. The lowest BCUT2D eigenvalue weighted by Gasteiger charge is -2.37. The lowest BCUT2D eigenvalue weighted by molar-refractivity contribution is -0.385. The van der Waals surface area contributed by atoms with Gasteiger partial charge in [-0.15, -0.1) is 0 Å². The third kappa shape index (κ3) is 1.94. The number of hydrogen-bond acceptors (Lipinski definition) is 6. The van der Waals surface area contributed by atoms with Crippen molar-refractivity contribution in [2.24, 2.45) is 0 Å². The fraction of sp³-hybridized carbons (Fsp3) is 0.556. The molecule has 1 aromatic rings. The number of rotatable bonds is 4. The maximum Gasteiger partial charge on any atom is 0.305 e. The lowest BCUT2D eigenvalue weighted by atomic mass is 10.1. The number of likely N-dealkylation sites (N-methyl/N-ethyl adjacent to an activating group) is 1. The van der Waals surface area contributed by atoms with Gasteiger partial charge in [-0.2, -0.15) is 0 Å². The van der Waals surface area contributed by atoms with Gasteiger partial charge in [0.15, 0.2) is 0 Å². The third-order valence-electron chi connectivity index (χ3n) is 2.63. The maximum atomic E-state index is 10.5. The van der Waals surface area contributed by atoms with E-state index in [1.54, 1.807) is 0 Å². The monoisotopic (exact) mass is 223 g/mol. The molecule has 0 saturated carbocycles. The van der Waals surface area contributed by atoms with Crippen LogP contribution < -0.4 is 10.2 Å². The van der Waals surface area contributed by atoms with Gasteiger partial charge >= 0.3 is 5.69 Å². The molecule has 0 bridgehead atoms. The van der Waals surface area contributed by atoms with Gasteiger partial charge in [0.05, 0.1) is 11.0 Å². The molecule has 0 spiro atoms. The largest absolute Gasteiger partial charge is 0.336 e. The van der Waals surface area contributed by atoms with Crippen LogP contribution in [0.2, 0.25) is 0 Å². The van der Waals surface area contributed by atoms with Crippen molar-refractivity contribution in [2.75, 3.05) is 24.5 Å². The van der Waals surface area contributed by atoms with E-state index in [0.29, 0.717) is 12.0 Å². The summed E-state index contributed by atoms with van der Waals surface area (Å²) in [6.07, 6.45) is 2.49. The van der Waals surface area contributed by atoms with E-state index < -0.39 is 4.92 Å². The van der Waals surface area contributed by atoms with Crippen molar-refractivity contribution in [3.63, 3.8) is 0 Å². The molecular weight excluding hydrogens is 210 g/mol. The van der Waals surface area contributed by atoms with Crippen LogP contribution in [-0.4, -0.2) is 40.6 Å². The van der Waals surface area contributed by atoms with Crippen molar-refractivity contribution in [2.45, 2.75) is 13.0 Å². The lowest BCUT2D eigenvalue weighted by Crippen LogP contribution is -2.57. The molecule has 0 unspecified atom stereocenters. The van der Waals surface area contributed by atoms with E-state index in [9.17, 15) is 10.1 Å². The summed E-state index contributed by atoms with van der Waals surface area (Å²) in [5, 5.41) is 13.6. The molecule has 0 amide bonds. The topological polar surface area (TPSA) is 84.2 Å². The van der Waals surface area contributed by atoms with E-state index in [-0.39, 0.29) is 5.69 Å². The first kappa shape index (κ1) is 10.7. The Morgan fingerprint density at radius 2 is 2.19 bits per heavy atom. The standard InChI is InChI=1S/C9H13N5O2/c1-2-13(7-3-10-4-7)9-11-5-8(6-12-9)14(15)16/h5-7,10H,2-4H2,1H3. The van der Waals surface area contributed by atoms with E-state index in [2.05, 4.69) is 15.3 Å². The van der Waals surface area contributed by atoms with E-state index in [4.69, 9.17) is 0 Å². The Morgan fingerprint density at radius 1 is 1.56 bits per heavy atom. The number of aromatic nitrogens is 2. The van der Waals surface area contributed by atoms with Gasteiger partial charge in [-0.05, 0) is 6.92 Å². The fourth-order valence-electron chi connectivity index (χ4n) is 1.61. The molecule has 2 rings (SSSR count). The quantitative estimate of drug-likeness (QED) is 0.579. The van der Waals surface area contributed by atoms with Gasteiger partial charge in [0.25, 0.3) is 0 Å². The van der Waals surface area contributed by atoms with Crippen molar-refractivity contribution < 1.29 is 4.92 Å². The summed E-state index contributed by atoms with van der Waals surface area (Å²) >= 11 is 0. The smallest absolute Gasteiger partial charge is 0.305 e. The van der Waals surface area contributed by atoms with Crippen LogP contribution in [0.25, 0.3) is 0 Å². The summed E-state index contributed by atoms with van der Waals surface area (Å²) in [7, 11) is 0. The summed E-state index contributed by atoms with van der Waals surface area (Å²) in [4.78, 5) is 20.0. The molecule has 1 aromatic heterocycles. The highest BCUT2D eigenvalue weighted by Crippen LogP contribution is 2.15. The zero-order chi connectivity index (χ0) is 11.5. The predicted molar refractivity (Wildman–Crippen MR) is 58.4 cm³/mol. The number of nitro groups is 1. The van der Waals surface area contributed by atoms with Crippen LogP contribution in [0.3, 0.4) is 0 Å². The van der Waals surface area contributed by atoms with E-state index >= 15 is 0 Å². The Labute approximate surface area is 92.7 Å². The van der Waals surface area contributed by atoms with Crippen LogP contribution >= 0.6 is 0 Å². The average molecular weight is 223 g/mol. The maximum absolute atomic E-state index is 10.5. The van der Waals surface area contributed by atoms with E-state index in [0.717, 1.165) is 19.6 Å². The van der Waals surface area contributed by atoms with Crippen LogP contribution in [0, 0.1) is 10.1 Å². The molecule has 0 aliphatic carbocycles. The first-order valence-electron chi connectivity index (χ1n) is 5.16. The first-order valence-corrected chi connectivity index (χ1v) is 5.16. The minimum atomic E-state index is -0.495. The van der Waals surface area contributed by atoms with Crippen LogP contribution in [-0.2, 0) is 0 Å². The zero-order valence-corrected chi connectivity index (χ0v) is 8.96. The van der Waals surface area contributed by atoms with Crippen molar-refractivity contribution in [3.8, 4) is 0 Å². The van der Waals surface area contributed by atoms with Gasteiger partial charge in [-0.3, -0.25) is 10.1 Å². The highest BCUT2D eigenvalue weighted by Gasteiger charge is 2.25. The van der Waals surface area contributed by atoms with Gasteiger partial charge in [0, 0.05) is 19.6 Å². The Morgan fingerprint density at radius 3 is 2.56 bits per heavy atom. The molecule has 0 aromatic carbocycles. The molecule has 0 radical (unpaired) electrons. The Kier molecular flexibility index (Phi) is 2.95. The Bertz CT molecular complexity index is 376. The zero-order valence-electron chi connectivity index (χ0n) is 8.96. The number of hydrogen-bond donors (Lipinski definition) is 1. The fourth-order valence-corrected chi connectivity index (χ4v) is 1.61. The van der Waals surface area contributed by atoms with Crippen molar-refractivity contribution in [1.82, 2.24) is 15.3 Å². The minimum Gasteiger partial charge on any atom is -0.336 e. The van der Waals surface area contributed by atoms with Gasteiger partial charge in [-0.1, -0.05) is 0 Å². The van der Waals surface area contributed by atoms with E-state index in [1.165, 1.54) is 12.4 Å². The van der Waals surface area contributed by atoms with Gasteiger partial charge in [0.1, 0.15) is 12.4 Å². The number of anilines is 1. The van der Waals surface area contributed by atoms with Gasteiger partial charge in [-0.25, -0.2) is 9.97 Å². The summed E-state index contributed by atoms with van der Waals surface area (Å²) in [6.45, 7) is 4.63. The Hall–Kier alpha value is -1.76. The summed E-state index contributed by atoms with van der Waals surface area (Å²) in [6, 6.07) is 0.395.